The van der Waals surface area contributed by atoms with Gasteiger partial charge in [-0.3, -0.25) is 28.3 Å². The minimum Gasteiger partial charge on any atom is -0.462 e. The quantitative estimate of drug-likeness (QED) is 0.0189. The van der Waals surface area contributed by atoms with E-state index >= 15 is 0 Å². The van der Waals surface area contributed by atoms with Gasteiger partial charge in [-0.25, -0.2) is 0 Å². The molecule has 0 heterocycles. The van der Waals surface area contributed by atoms with Crippen molar-refractivity contribution >= 4 is 60.7 Å². The fraction of sp³-hybridized carbons (Fsp3) is 0.951. The van der Waals surface area contributed by atoms with Gasteiger partial charge in [-0.05, 0) is 25.7 Å². The molecule has 0 aromatic carbocycles. The minimum absolute atomic E-state index is 0.0400. The molecule has 0 spiro atoms. The van der Waals surface area contributed by atoms with Gasteiger partial charge in [-0.2, -0.15) is 0 Å². The van der Waals surface area contributed by atoms with Crippen LogP contribution in [0.15, 0.2) is 0 Å². The highest BCUT2D eigenvalue weighted by Gasteiger charge is 2.27. The summed E-state index contributed by atoms with van der Waals surface area (Å²) in [4.78, 5) is 72.6. The first-order chi connectivity index (χ1) is 50.8. The second-order valence-corrected chi connectivity index (χ2v) is 35.6. The maximum atomic E-state index is 13.0. The van der Waals surface area contributed by atoms with E-state index in [0.29, 0.717) is 39.3 Å². The highest BCUT2D eigenvalue weighted by atomic mass is 33.1. The normalized spacial score (nSPS) is 13.4. The van der Waals surface area contributed by atoms with E-state index in [1.54, 1.807) is 21.6 Å². The SMILES string of the molecule is CCCCCCCCCCCCCCCC(=O)OC[C@H](COP(=O)(O)CCOCCOCCSSCCOCCOCCP(=O)(O)OC[C@@H](COC(=O)CCCCCCCCCCCCCCC)OC(=O)CCCCCCCCCCCCCCC)OC(=O)CCCCCCCCCCCCCCC. The van der Waals surface area contributed by atoms with Gasteiger partial charge in [0.15, 0.2) is 12.2 Å². The van der Waals surface area contributed by atoms with Gasteiger partial charge in [0.1, 0.15) is 13.2 Å². The third-order valence-corrected chi connectivity index (χ3v) is 23.7. The van der Waals surface area contributed by atoms with Crippen LogP contribution >= 0.6 is 36.8 Å². The molecule has 2 N–H and O–H groups in total. The number of carbonyl (C=O) groups is 4. The first-order valence-electron chi connectivity index (χ1n) is 43.0. The monoisotopic (exact) mass is 1560 g/mol. The maximum absolute atomic E-state index is 13.0. The summed E-state index contributed by atoms with van der Waals surface area (Å²) < 4.78 is 81.8. The Morgan fingerprint density at radius 2 is 0.471 bits per heavy atom. The number of esters is 4. The molecule has 0 aromatic heterocycles. The summed E-state index contributed by atoms with van der Waals surface area (Å²) in [5.41, 5.74) is 0. The van der Waals surface area contributed by atoms with Crippen molar-refractivity contribution < 1.29 is 85.0 Å². The van der Waals surface area contributed by atoms with E-state index in [9.17, 15) is 38.1 Å². The Hall–Kier alpha value is -1.28. The summed E-state index contributed by atoms with van der Waals surface area (Å²) in [5.74, 6) is -0.205. The lowest BCUT2D eigenvalue weighted by atomic mass is 10.0. The summed E-state index contributed by atoms with van der Waals surface area (Å²) in [5, 5.41) is 0. The van der Waals surface area contributed by atoms with Crippen molar-refractivity contribution in [1.29, 1.82) is 0 Å². The van der Waals surface area contributed by atoms with Crippen molar-refractivity contribution in [2.75, 3.05) is 103 Å². The van der Waals surface area contributed by atoms with Gasteiger partial charge in [0.25, 0.3) is 0 Å². The smallest absolute Gasteiger partial charge is 0.330 e. The third kappa shape index (κ3) is 80.2. The van der Waals surface area contributed by atoms with Crippen molar-refractivity contribution in [3.8, 4) is 0 Å². The van der Waals surface area contributed by atoms with Gasteiger partial charge in [0.05, 0.1) is 78.4 Å². The molecule has 4 atom stereocenters. The Balaban J connectivity index is 4.59. The number of unbranched alkanes of at least 4 members (excludes halogenated alkanes) is 48. The van der Waals surface area contributed by atoms with Crippen LogP contribution in [0.5, 0.6) is 0 Å². The lowest BCUT2D eigenvalue weighted by Gasteiger charge is -2.20. The van der Waals surface area contributed by atoms with E-state index < -0.39 is 39.3 Å². The molecule has 618 valence electrons. The van der Waals surface area contributed by atoms with Gasteiger partial charge in [-0.15, -0.1) is 0 Å². The van der Waals surface area contributed by atoms with Crippen LogP contribution in [-0.4, -0.2) is 149 Å². The largest absolute Gasteiger partial charge is 0.462 e. The van der Waals surface area contributed by atoms with Crippen molar-refractivity contribution in [2.24, 2.45) is 0 Å². The minimum atomic E-state index is -4.12. The fourth-order valence-corrected chi connectivity index (χ4v) is 15.7. The van der Waals surface area contributed by atoms with Gasteiger partial charge >= 0.3 is 39.1 Å². The number of hydrogen-bond donors (Lipinski definition) is 2. The summed E-state index contributed by atoms with van der Waals surface area (Å²) in [6.45, 7) is 9.66. The zero-order valence-electron chi connectivity index (χ0n) is 67.2. The van der Waals surface area contributed by atoms with Crippen LogP contribution in [0, 0.1) is 0 Å². The number of ether oxygens (including phenoxy) is 8. The topological polar surface area (TPSA) is 235 Å². The molecule has 0 aliphatic heterocycles. The van der Waals surface area contributed by atoms with E-state index in [1.165, 1.54) is 231 Å². The molecule has 0 radical (unpaired) electrons. The van der Waals surface area contributed by atoms with E-state index in [2.05, 4.69) is 27.7 Å². The average molecular weight is 1560 g/mol. The first kappa shape index (κ1) is 103. The summed E-state index contributed by atoms with van der Waals surface area (Å²) in [6.07, 6.45) is 60.7. The lowest BCUT2D eigenvalue weighted by Crippen LogP contribution is -2.29. The molecule has 0 bridgehead atoms. The van der Waals surface area contributed by atoms with E-state index in [4.69, 9.17) is 46.9 Å². The number of hydrogen-bond acceptors (Lipinski definition) is 18. The molecule has 22 heteroatoms. The highest BCUT2D eigenvalue weighted by molar-refractivity contribution is 8.76. The van der Waals surface area contributed by atoms with Crippen molar-refractivity contribution in [3.05, 3.63) is 0 Å². The van der Waals surface area contributed by atoms with Crippen LogP contribution in [0.3, 0.4) is 0 Å². The molecular formula is C82H160O18P2S2. The van der Waals surface area contributed by atoms with E-state index in [-0.39, 0.29) is 103 Å². The molecule has 0 saturated heterocycles. The van der Waals surface area contributed by atoms with Crippen molar-refractivity contribution in [3.63, 3.8) is 0 Å². The number of carbonyl (C=O) groups excluding carboxylic acids is 4. The third-order valence-electron chi connectivity index (χ3n) is 18.8. The van der Waals surface area contributed by atoms with Crippen molar-refractivity contribution in [1.82, 2.24) is 0 Å². The Labute approximate surface area is 644 Å². The molecular weight excluding hydrogens is 1400 g/mol. The second-order valence-electron chi connectivity index (χ2n) is 29.0. The molecule has 18 nitrogen and oxygen atoms in total. The Kier molecular flexibility index (Phi) is 80.2. The van der Waals surface area contributed by atoms with Gasteiger partial charge in [0, 0.05) is 37.2 Å². The van der Waals surface area contributed by atoms with Crippen LogP contribution in [0.4, 0.5) is 0 Å². The highest BCUT2D eigenvalue weighted by Crippen LogP contribution is 2.42. The summed E-state index contributed by atoms with van der Waals surface area (Å²) >= 11 is 0. The summed E-state index contributed by atoms with van der Waals surface area (Å²) in [6, 6.07) is 0. The Morgan fingerprint density at radius 3 is 0.702 bits per heavy atom. The zero-order chi connectivity index (χ0) is 75.9. The van der Waals surface area contributed by atoms with Crippen molar-refractivity contribution in [2.45, 2.75) is 399 Å². The molecule has 0 amide bonds. The average Bonchev–Trinajstić information content (AvgIpc) is 0.967. The van der Waals surface area contributed by atoms with Crippen LogP contribution < -0.4 is 0 Å². The fourth-order valence-electron chi connectivity index (χ4n) is 12.2. The van der Waals surface area contributed by atoms with Crippen LogP contribution in [0.1, 0.15) is 387 Å². The van der Waals surface area contributed by atoms with Crippen LogP contribution in [0.2, 0.25) is 0 Å². The molecule has 104 heavy (non-hydrogen) atoms. The molecule has 0 fully saturated rings. The second kappa shape index (κ2) is 81.2. The van der Waals surface area contributed by atoms with Gasteiger partial charge < -0.3 is 56.7 Å². The van der Waals surface area contributed by atoms with Crippen LogP contribution in [-0.2, 0) is 75.3 Å². The van der Waals surface area contributed by atoms with Crippen LogP contribution in [0.25, 0.3) is 0 Å². The zero-order valence-corrected chi connectivity index (χ0v) is 70.6. The predicted molar refractivity (Wildman–Crippen MR) is 432 cm³/mol. The molecule has 0 aromatic rings. The lowest BCUT2D eigenvalue weighted by molar-refractivity contribution is -0.161. The standard InChI is InChI=1S/C82H160O18P2S2/c1-5-9-13-17-21-25-29-33-37-41-45-49-53-57-79(83)95-73-77(99-81(85)59-55-51-47-43-39-35-31-27-23-19-15-11-7-3)75-97-101(87,88)69-65-91-61-63-93-67-71-103-104-72-68-94-64-62-92-66-70-102(89,90)98-76-78(100-82(86)60-56-52-48-44-40-36-32-28-24-20-16-12-8-4)74-96-80(84)58-54-50-46-42-38-34-30-26-22-18-14-10-6-2/h77-78H,5-76H2,1-4H3,(H,87,88)(H,89,90)/t77-,78-/m1/s1. The van der Waals surface area contributed by atoms with E-state index in [0.717, 1.165) is 101 Å². The molecule has 0 aliphatic rings. The Bertz CT molecular complexity index is 1830. The first-order valence-corrected chi connectivity index (χ1v) is 49.0. The molecule has 2 unspecified atom stereocenters. The Morgan fingerprint density at radius 1 is 0.269 bits per heavy atom. The molecule has 0 rings (SSSR count). The predicted octanol–water partition coefficient (Wildman–Crippen LogP) is 23.7. The van der Waals surface area contributed by atoms with Gasteiger partial charge in [-0.1, -0.05) is 357 Å². The number of rotatable bonds is 87. The molecule has 0 aliphatic carbocycles. The summed E-state index contributed by atoms with van der Waals surface area (Å²) in [7, 11) is -4.97. The molecule has 0 saturated carbocycles. The maximum Gasteiger partial charge on any atom is 0.330 e. The van der Waals surface area contributed by atoms with Gasteiger partial charge in [0.2, 0.25) is 0 Å². The van der Waals surface area contributed by atoms with E-state index in [1.807, 2.05) is 0 Å².